The third-order valence-electron chi connectivity index (χ3n) is 4.10. The maximum Gasteiger partial charge on any atom is 0.254 e. The summed E-state index contributed by atoms with van der Waals surface area (Å²) in [4.78, 5) is 18.9. The largest absolute Gasteiger partial charge is 0.393 e. The summed E-state index contributed by atoms with van der Waals surface area (Å²) in [5, 5.41) is 10.6. The van der Waals surface area contributed by atoms with Gasteiger partial charge in [-0.05, 0) is 50.5 Å². The first-order chi connectivity index (χ1) is 10.1. The molecule has 2 aromatic rings. The van der Waals surface area contributed by atoms with Crippen molar-refractivity contribution in [3.05, 3.63) is 42.1 Å². The molecule has 2 atom stereocenters. The van der Waals surface area contributed by atoms with E-state index in [9.17, 15) is 9.90 Å². The van der Waals surface area contributed by atoms with E-state index in [4.69, 9.17) is 0 Å². The molecule has 1 aromatic carbocycles. The summed E-state index contributed by atoms with van der Waals surface area (Å²) in [6, 6.07) is 9.64. The normalized spacial score (nSPS) is 19.9. The first-order valence-electron chi connectivity index (χ1n) is 7.49. The van der Waals surface area contributed by atoms with Crippen molar-refractivity contribution < 1.29 is 9.90 Å². The third-order valence-corrected chi connectivity index (χ3v) is 4.10. The molecule has 21 heavy (non-hydrogen) atoms. The van der Waals surface area contributed by atoms with Crippen molar-refractivity contribution in [2.24, 2.45) is 0 Å². The number of likely N-dealkylation sites (tertiary alicyclic amines) is 1. The molecule has 2 unspecified atom stereocenters. The summed E-state index contributed by atoms with van der Waals surface area (Å²) < 4.78 is 0. The molecule has 1 aliphatic heterocycles. The molecule has 0 radical (unpaired) electrons. The number of benzene rings is 1. The fourth-order valence-electron chi connectivity index (χ4n) is 3.12. The van der Waals surface area contributed by atoms with Gasteiger partial charge in [-0.3, -0.25) is 9.78 Å². The zero-order valence-electron chi connectivity index (χ0n) is 12.2. The molecular formula is C17H20N2O2. The Kier molecular flexibility index (Phi) is 3.88. The second-order valence-electron chi connectivity index (χ2n) is 5.79. The van der Waals surface area contributed by atoms with Gasteiger partial charge in [0.15, 0.2) is 0 Å². The van der Waals surface area contributed by atoms with Gasteiger partial charge in [-0.25, -0.2) is 0 Å². The summed E-state index contributed by atoms with van der Waals surface area (Å²) in [7, 11) is 0. The fraction of sp³-hybridized carbons (Fsp3) is 0.412. The molecule has 1 amide bonds. The van der Waals surface area contributed by atoms with Gasteiger partial charge in [0, 0.05) is 29.7 Å². The molecule has 1 aromatic heterocycles. The Morgan fingerprint density at radius 1 is 1.48 bits per heavy atom. The number of hydrogen-bond donors (Lipinski definition) is 1. The lowest BCUT2D eigenvalue weighted by atomic mass is 10.1. The molecule has 1 N–H and O–H groups in total. The van der Waals surface area contributed by atoms with Crippen molar-refractivity contribution in [2.75, 3.05) is 6.54 Å². The Labute approximate surface area is 124 Å². The molecule has 3 rings (SSSR count). The first kappa shape index (κ1) is 14.0. The number of aromatic nitrogens is 1. The number of fused-ring (bicyclic) bond motifs is 1. The van der Waals surface area contributed by atoms with Crippen LogP contribution in [0.1, 0.15) is 36.5 Å². The molecule has 0 bridgehead atoms. The quantitative estimate of drug-likeness (QED) is 0.942. The Hall–Kier alpha value is -1.94. The number of aliphatic hydroxyl groups excluding tert-OH is 1. The van der Waals surface area contributed by atoms with Crippen LogP contribution in [0.4, 0.5) is 0 Å². The minimum Gasteiger partial charge on any atom is -0.393 e. The number of carbonyl (C=O) groups is 1. The minimum absolute atomic E-state index is 0.0592. The minimum atomic E-state index is -0.371. The van der Waals surface area contributed by atoms with E-state index in [1.165, 1.54) is 0 Å². The molecular weight excluding hydrogens is 264 g/mol. The van der Waals surface area contributed by atoms with Crippen molar-refractivity contribution in [1.82, 2.24) is 9.88 Å². The van der Waals surface area contributed by atoms with Crippen LogP contribution < -0.4 is 0 Å². The van der Waals surface area contributed by atoms with Crippen molar-refractivity contribution in [3.63, 3.8) is 0 Å². The standard InChI is InChI=1S/C17H20N2O2/c1-12(20)10-15-5-3-9-19(15)17(21)14-6-7-16-13(11-14)4-2-8-18-16/h2,4,6-8,11-12,15,20H,3,5,9-10H2,1H3. The number of pyridine rings is 1. The van der Waals surface area contributed by atoms with Gasteiger partial charge in [0.05, 0.1) is 11.6 Å². The lowest BCUT2D eigenvalue weighted by Crippen LogP contribution is -2.37. The molecule has 1 fully saturated rings. The Morgan fingerprint density at radius 2 is 2.33 bits per heavy atom. The van der Waals surface area contributed by atoms with Gasteiger partial charge in [-0.2, -0.15) is 0 Å². The van der Waals surface area contributed by atoms with Crippen LogP contribution in [0.15, 0.2) is 36.5 Å². The van der Waals surface area contributed by atoms with Crippen LogP contribution in [-0.2, 0) is 0 Å². The zero-order chi connectivity index (χ0) is 14.8. The van der Waals surface area contributed by atoms with Gasteiger partial charge in [0.2, 0.25) is 0 Å². The van der Waals surface area contributed by atoms with E-state index in [-0.39, 0.29) is 18.1 Å². The molecule has 110 valence electrons. The highest BCUT2D eigenvalue weighted by Gasteiger charge is 2.30. The zero-order valence-corrected chi connectivity index (χ0v) is 12.2. The smallest absolute Gasteiger partial charge is 0.254 e. The maximum absolute atomic E-state index is 12.7. The van der Waals surface area contributed by atoms with Crippen LogP contribution in [0.25, 0.3) is 10.9 Å². The number of aliphatic hydroxyl groups is 1. The number of rotatable bonds is 3. The summed E-state index contributed by atoms with van der Waals surface area (Å²) >= 11 is 0. The second kappa shape index (κ2) is 5.82. The average molecular weight is 284 g/mol. The Balaban J connectivity index is 1.85. The number of nitrogens with zero attached hydrogens (tertiary/aromatic N) is 2. The van der Waals surface area contributed by atoms with Gasteiger partial charge in [-0.15, -0.1) is 0 Å². The van der Waals surface area contributed by atoms with E-state index >= 15 is 0 Å². The van der Waals surface area contributed by atoms with Crippen LogP contribution in [0, 0.1) is 0 Å². The van der Waals surface area contributed by atoms with E-state index in [1.807, 2.05) is 35.2 Å². The van der Waals surface area contributed by atoms with E-state index in [0.717, 1.165) is 30.3 Å². The van der Waals surface area contributed by atoms with Crippen LogP contribution >= 0.6 is 0 Å². The number of carbonyl (C=O) groups excluding carboxylic acids is 1. The molecule has 1 saturated heterocycles. The van der Waals surface area contributed by atoms with Gasteiger partial charge in [-0.1, -0.05) is 6.07 Å². The van der Waals surface area contributed by atoms with E-state index in [0.29, 0.717) is 12.0 Å². The van der Waals surface area contributed by atoms with Crippen LogP contribution in [0.2, 0.25) is 0 Å². The predicted molar refractivity (Wildman–Crippen MR) is 82.1 cm³/mol. The topological polar surface area (TPSA) is 53.4 Å². The predicted octanol–water partition coefficient (Wildman–Crippen LogP) is 2.61. The van der Waals surface area contributed by atoms with Gasteiger partial charge in [0.25, 0.3) is 5.91 Å². The lowest BCUT2D eigenvalue weighted by molar-refractivity contribution is 0.0682. The molecule has 2 heterocycles. The highest BCUT2D eigenvalue weighted by atomic mass is 16.3. The first-order valence-corrected chi connectivity index (χ1v) is 7.49. The SMILES string of the molecule is CC(O)CC1CCCN1C(=O)c1ccc2ncccc2c1. The number of hydrogen-bond acceptors (Lipinski definition) is 3. The summed E-state index contributed by atoms with van der Waals surface area (Å²) in [6.45, 7) is 2.56. The number of amides is 1. The third kappa shape index (κ3) is 2.90. The van der Waals surface area contributed by atoms with Gasteiger partial charge in [0.1, 0.15) is 0 Å². The molecule has 0 saturated carbocycles. The summed E-state index contributed by atoms with van der Waals surface area (Å²) in [5.74, 6) is 0.0592. The van der Waals surface area contributed by atoms with E-state index in [2.05, 4.69) is 4.98 Å². The molecule has 4 nitrogen and oxygen atoms in total. The van der Waals surface area contributed by atoms with Crippen LogP contribution in [0.3, 0.4) is 0 Å². The molecule has 0 aliphatic carbocycles. The monoisotopic (exact) mass is 284 g/mol. The van der Waals surface area contributed by atoms with Crippen molar-refractivity contribution in [1.29, 1.82) is 0 Å². The summed E-state index contributed by atoms with van der Waals surface area (Å²) in [6.07, 6.45) is 4.03. The second-order valence-corrected chi connectivity index (χ2v) is 5.79. The Morgan fingerprint density at radius 3 is 3.14 bits per heavy atom. The van der Waals surface area contributed by atoms with E-state index < -0.39 is 0 Å². The van der Waals surface area contributed by atoms with Crippen LogP contribution in [-0.4, -0.2) is 39.6 Å². The van der Waals surface area contributed by atoms with Gasteiger partial charge >= 0.3 is 0 Å². The molecule has 1 aliphatic rings. The highest BCUT2D eigenvalue weighted by Crippen LogP contribution is 2.24. The fourth-order valence-corrected chi connectivity index (χ4v) is 3.12. The maximum atomic E-state index is 12.7. The van der Waals surface area contributed by atoms with Gasteiger partial charge < -0.3 is 10.0 Å². The van der Waals surface area contributed by atoms with Crippen molar-refractivity contribution >= 4 is 16.8 Å². The van der Waals surface area contributed by atoms with E-state index in [1.54, 1.807) is 13.1 Å². The Bertz CT molecular complexity index is 654. The highest BCUT2D eigenvalue weighted by molar-refractivity contribution is 5.98. The van der Waals surface area contributed by atoms with Crippen molar-refractivity contribution in [2.45, 2.75) is 38.3 Å². The molecule has 4 heteroatoms. The average Bonchev–Trinajstić information content (AvgIpc) is 2.93. The van der Waals surface area contributed by atoms with Crippen molar-refractivity contribution in [3.8, 4) is 0 Å². The lowest BCUT2D eigenvalue weighted by Gasteiger charge is -2.25. The summed E-state index contributed by atoms with van der Waals surface area (Å²) in [5.41, 5.74) is 1.60. The molecule has 0 spiro atoms. The van der Waals surface area contributed by atoms with Crippen LogP contribution in [0.5, 0.6) is 0 Å².